The van der Waals surface area contributed by atoms with Crippen molar-refractivity contribution in [2.45, 2.75) is 13.8 Å². The first-order chi connectivity index (χ1) is 7.33. The molecule has 0 bridgehead atoms. The SMILES string of the molecule is CC(C)(COc1ccc(Cl)cc1N)C(=O)O. The van der Waals surface area contributed by atoms with Crippen molar-refractivity contribution in [3.63, 3.8) is 0 Å². The normalized spacial score (nSPS) is 11.2. The molecule has 0 aliphatic rings. The summed E-state index contributed by atoms with van der Waals surface area (Å²) in [5.74, 6) is -0.473. The Labute approximate surface area is 99.0 Å². The molecule has 5 heteroatoms. The topological polar surface area (TPSA) is 72.5 Å². The van der Waals surface area contributed by atoms with Gasteiger partial charge in [0.25, 0.3) is 0 Å². The summed E-state index contributed by atoms with van der Waals surface area (Å²) in [5.41, 5.74) is 5.11. The first-order valence-corrected chi connectivity index (χ1v) is 5.12. The lowest BCUT2D eigenvalue weighted by Gasteiger charge is -2.20. The fraction of sp³-hybridized carbons (Fsp3) is 0.364. The van der Waals surface area contributed by atoms with Crippen molar-refractivity contribution in [2.75, 3.05) is 12.3 Å². The first kappa shape index (κ1) is 12.6. The number of hydrogen-bond acceptors (Lipinski definition) is 3. The minimum atomic E-state index is -0.952. The van der Waals surface area contributed by atoms with Gasteiger partial charge in [0, 0.05) is 5.02 Å². The van der Waals surface area contributed by atoms with Gasteiger partial charge in [0.2, 0.25) is 0 Å². The first-order valence-electron chi connectivity index (χ1n) is 4.74. The van der Waals surface area contributed by atoms with Gasteiger partial charge >= 0.3 is 5.97 Å². The summed E-state index contributed by atoms with van der Waals surface area (Å²) in [4.78, 5) is 10.8. The Bertz CT molecular complexity index is 404. The van der Waals surface area contributed by atoms with Gasteiger partial charge in [0.1, 0.15) is 12.4 Å². The maximum Gasteiger partial charge on any atom is 0.312 e. The zero-order valence-electron chi connectivity index (χ0n) is 9.16. The lowest BCUT2D eigenvalue weighted by atomic mass is 9.95. The van der Waals surface area contributed by atoms with Crippen LogP contribution in [0.5, 0.6) is 5.75 Å². The number of anilines is 1. The Morgan fingerprint density at radius 1 is 1.56 bits per heavy atom. The highest BCUT2D eigenvalue weighted by molar-refractivity contribution is 6.30. The highest BCUT2D eigenvalue weighted by Crippen LogP contribution is 2.27. The van der Waals surface area contributed by atoms with Crippen molar-refractivity contribution in [1.82, 2.24) is 0 Å². The highest BCUT2D eigenvalue weighted by atomic mass is 35.5. The summed E-state index contributed by atoms with van der Waals surface area (Å²) in [5, 5.41) is 9.42. The summed E-state index contributed by atoms with van der Waals surface area (Å²) in [6.45, 7) is 3.22. The lowest BCUT2D eigenvalue weighted by molar-refractivity contribution is -0.148. The monoisotopic (exact) mass is 243 g/mol. The van der Waals surface area contributed by atoms with Gasteiger partial charge in [-0.2, -0.15) is 0 Å². The molecule has 88 valence electrons. The van der Waals surface area contributed by atoms with Gasteiger partial charge in [-0.3, -0.25) is 4.79 Å². The van der Waals surface area contributed by atoms with Crippen LogP contribution in [-0.4, -0.2) is 17.7 Å². The number of benzene rings is 1. The van der Waals surface area contributed by atoms with Gasteiger partial charge in [-0.25, -0.2) is 0 Å². The van der Waals surface area contributed by atoms with Crippen molar-refractivity contribution in [1.29, 1.82) is 0 Å². The van der Waals surface area contributed by atoms with Gasteiger partial charge in [-0.05, 0) is 32.0 Å². The van der Waals surface area contributed by atoms with E-state index in [9.17, 15) is 4.79 Å². The number of rotatable bonds is 4. The molecule has 0 aliphatic carbocycles. The lowest BCUT2D eigenvalue weighted by Crippen LogP contribution is -2.30. The van der Waals surface area contributed by atoms with Crippen molar-refractivity contribution in [2.24, 2.45) is 5.41 Å². The Morgan fingerprint density at radius 3 is 2.69 bits per heavy atom. The van der Waals surface area contributed by atoms with E-state index in [0.29, 0.717) is 16.5 Å². The molecule has 0 spiro atoms. The third-order valence-electron chi connectivity index (χ3n) is 2.14. The maximum absolute atomic E-state index is 10.8. The van der Waals surface area contributed by atoms with Crippen LogP contribution in [0.3, 0.4) is 0 Å². The molecule has 0 unspecified atom stereocenters. The van der Waals surface area contributed by atoms with E-state index in [4.69, 9.17) is 27.2 Å². The van der Waals surface area contributed by atoms with E-state index < -0.39 is 11.4 Å². The Hall–Kier alpha value is -1.42. The van der Waals surface area contributed by atoms with Gasteiger partial charge in [0.05, 0.1) is 11.1 Å². The Morgan fingerprint density at radius 2 is 2.19 bits per heavy atom. The maximum atomic E-state index is 10.8. The third kappa shape index (κ3) is 3.03. The van der Waals surface area contributed by atoms with Crippen LogP contribution < -0.4 is 10.5 Å². The van der Waals surface area contributed by atoms with Crippen LogP contribution in [0.15, 0.2) is 18.2 Å². The van der Waals surface area contributed by atoms with Crippen LogP contribution in [-0.2, 0) is 4.79 Å². The van der Waals surface area contributed by atoms with Crippen molar-refractivity contribution in [3.05, 3.63) is 23.2 Å². The van der Waals surface area contributed by atoms with E-state index >= 15 is 0 Å². The van der Waals surface area contributed by atoms with E-state index in [1.807, 2.05) is 0 Å². The minimum absolute atomic E-state index is 0.0498. The summed E-state index contributed by atoms with van der Waals surface area (Å²) < 4.78 is 5.35. The van der Waals surface area contributed by atoms with Crippen LogP contribution >= 0.6 is 11.6 Å². The van der Waals surface area contributed by atoms with Crippen LogP contribution in [0.4, 0.5) is 5.69 Å². The number of carboxylic acid groups (broad SMARTS) is 1. The quantitative estimate of drug-likeness (QED) is 0.797. The predicted octanol–water partition coefficient (Wildman–Crippen LogP) is 2.41. The van der Waals surface area contributed by atoms with Crippen molar-refractivity contribution >= 4 is 23.3 Å². The molecule has 0 saturated carbocycles. The average Bonchev–Trinajstić information content (AvgIpc) is 2.16. The Kier molecular flexibility index (Phi) is 3.65. The number of hydrogen-bond donors (Lipinski definition) is 2. The zero-order chi connectivity index (χ0) is 12.3. The molecule has 3 N–H and O–H groups in total. The molecule has 0 atom stereocenters. The number of halogens is 1. The molecule has 1 aromatic carbocycles. The fourth-order valence-corrected chi connectivity index (χ4v) is 1.15. The van der Waals surface area contributed by atoms with Crippen molar-refractivity contribution < 1.29 is 14.6 Å². The highest BCUT2D eigenvalue weighted by Gasteiger charge is 2.28. The second kappa shape index (κ2) is 4.61. The van der Waals surface area contributed by atoms with Crippen LogP contribution in [0.1, 0.15) is 13.8 Å². The molecule has 0 amide bonds. The molecule has 1 rings (SSSR count). The van der Waals surface area contributed by atoms with Crippen LogP contribution in [0, 0.1) is 5.41 Å². The summed E-state index contributed by atoms with van der Waals surface area (Å²) in [6.07, 6.45) is 0. The van der Waals surface area contributed by atoms with E-state index in [2.05, 4.69) is 0 Å². The number of nitrogens with two attached hydrogens (primary N) is 1. The largest absolute Gasteiger partial charge is 0.490 e. The molecule has 0 aliphatic heterocycles. The number of carbonyl (C=O) groups is 1. The fourth-order valence-electron chi connectivity index (χ4n) is 0.971. The smallest absolute Gasteiger partial charge is 0.312 e. The van der Waals surface area contributed by atoms with Gasteiger partial charge in [0.15, 0.2) is 0 Å². The predicted molar refractivity (Wildman–Crippen MR) is 62.8 cm³/mol. The van der Waals surface area contributed by atoms with Crippen molar-refractivity contribution in [3.8, 4) is 5.75 Å². The molecule has 0 aromatic heterocycles. The summed E-state index contributed by atoms with van der Waals surface area (Å²) in [6, 6.07) is 4.82. The third-order valence-corrected chi connectivity index (χ3v) is 2.37. The van der Waals surface area contributed by atoms with E-state index in [-0.39, 0.29) is 6.61 Å². The molecule has 0 fully saturated rings. The van der Waals surface area contributed by atoms with Gasteiger partial charge in [-0.15, -0.1) is 0 Å². The number of ether oxygens (including phenoxy) is 1. The van der Waals surface area contributed by atoms with Gasteiger partial charge in [-0.1, -0.05) is 11.6 Å². The molecule has 4 nitrogen and oxygen atoms in total. The summed E-state index contributed by atoms with van der Waals surface area (Å²) in [7, 11) is 0. The van der Waals surface area contributed by atoms with Crippen LogP contribution in [0.2, 0.25) is 5.02 Å². The van der Waals surface area contributed by atoms with E-state index in [1.54, 1.807) is 32.0 Å². The standard InChI is InChI=1S/C11H14ClNO3/c1-11(2,10(14)15)6-16-9-4-3-7(12)5-8(9)13/h3-5H,6,13H2,1-2H3,(H,14,15). The summed E-state index contributed by atoms with van der Waals surface area (Å²) >= 11 is 5.73. The molecular formula is C11H14ClNO3. The molecule has 16 heavy (non-hydrogen) atoms. The van der Waals surface area contributed by atoms with Crippen LogP contribution in [0.25, 0.3) is 0 Å². The molecular weight excluding hydrogens is 230 g/mol. The van der Waals surface area contributed by atoms with E-state index in [1.165, 1.54) is 0 Å². The Balaban J connectivity index is 2.72. The van der Waals surface area contributed by atoms with E-state index in [0.717, 1.165) is 0 Å². The second-order valence-corrected chi connectivity index (χ2v) is 4.60. The average molecular weight is 244 g/mol. The molecule has 0 radical (unpaired) electrons. The second-order valence-electron chi connectivity index (χ2n) is 4.16. The molecule has 0 saturated heterocycles. The minimum Gasteiger partial charge on any atom is -0.490 e. The zero-order valence-corrected chi connectivity index (χ0v) is 9.91. The number of aliphatic carboxylic acids is 1. The number of carboxylic acids is 1. The molecule has 0 heterocycles. The number of nitrogen functional groups attached to an aromatic ring is 1. The molecule has 1 aromatic rings. The van der Waals surface area contributed by atoms with Gasteiger partial charge < -0.3 is 15.6 Å².